The first-order valence-corrected chi connectivity index (χ1v) is 9.48. The molecule has 2 heteroatoms. The van der Waals surface area contributed by atoms with Crippen LogP contribution >= 0.6 is 0 Å². The van der Waals surface area contributed by atoms with Crippen LogP contribution in [0.25, 0.3) is 0 Å². The minimum Gasteiger partial charge on any atom is -0.349 e. The molecule has 2 nitrogen and oxygen atoms in total. The molecule has 0 saturated heterocycles. The summed E-state index contributed by atoms with van der Waals surface area (Å²) >= 11 is 0. The fourth-order valence-electron chi connectivity index (χ4n) is 2.16. The van der Waals surface area contributed by atoms with E-state index in [0.29, 0.717) is 6.42 Å². The smallest absolute Gasteiger partial charge is 0.222 e. The molecule has 0 rings (SSSR count). The van der Waals surface area contributed by atoms with Gasteiger partial charge in [0.1, 0.15) is 0 Å². The second-order valence-electron chi connectivity index (χ2n) is 6.27. The molecule has 0 aromatic rings. The monoisotopic (exact) mass is 331 g/mol. The van der Waals surface area contributed by atoms with Gasteiger partial charge in [-0.2, -0.15) is 0 Å². The Morgan fingerprint density at radius 1 is 0.708 bits per heavy atom. The molecule has 0 atom stereocenters. The van der Waals surface area contributed by atoms with E-state index in [9.17, 15) is 4.79 Å². The van der Waals surface area contributed by atoms with Gasteiger partial charge in [-0.05, 0) is 44.9 Å². The molecule has 136 valence electrons. The Hall–Kier alpha value is -1.57. The fraction of sp³-hybridized carbons (Fsp3) is 0.591. The normalized spacial score (nSPS) is 12.3. The van der Waals surface area contributed by atoms with E-state index in [4.69, 9.17) is 0 Å². The van der Waals surface area contributed by atoms with Gasteiger partial charge in [-0.25, -0.2) is 0 Å². The summed E-state index contributed by atoms with van der Waals surface area (Å²) in [6, 6.07) is 0. The molecular weight excluding hydrogens is 294 g/mol. The molecule has 0 aromatic heterocycles. The summed E-state index contributed by atoms with van der Waals surface area (Å²) in [5.41, 5.74) is 0. The lowest BCUT2D eigenvalue weighted by molar-refractivity contribution is -0.128. The maximum Gasteiger partial charge on any atom is 0.222 e. The van der Waals surface area contributed by atoms with Gasteiger partial charge in [-0.1, -0.05) is 68.4 Å². The average molecular weight is 332 g/mol. The maximum atomic E-state index is 11.4. The van der Waals surface area contributed by atoms with E-state index in [1.54, 1.807) is 19.0 Å². The summed E-state index contributed by atoms with van der Waals surface area (Å²) < 4.78 is 0. The van der Waals surface area contributed by atoms with Gasteiger partial charge >= 0.3 is 0 Å². The lowest BCUT2D eigenvalue weighted by Gasteiger charge is -2.08. The molecule has 0 heterocycles. The fourth-order valence-corrected chi connectivity index (χ4v) is 2.16. The first kappa shape index (κ1) is 22.4. The van der Waals surface area contributed by atoms with Crippen LogP contribution in [0.15, 0.2) is 48.6 Å². The van der Waals surface area contributed by atoms with E-state index in [2.05, 4.69) is 55.5 Å². The van der Waals surface area contributed by atoms with Crippen molar-refractivity contribution in [3.05, 3.63) is 48.6 Å². The first-order valence-electron chi connectivity index (χ1n) is 9.48. The standard InChI is InChI=1S/C22H37NO/c1-4-5-6-7-8-9-10-11-12-13-14-15-16-17-18-19-20-21-22(24)23(2)3/h8-9,11-12,14-15,17-18H,4-7,10,13,16,19-21H2,1-3H3/b9-8-,12-11-,15-14-,18-17-. The number of carbonyl (C=O) groups is 1. The SMILES string of the molecule is CCCCC/C=C\C/C=C\C/C=C\C/C=C\CCCC(=O)N(C)C. The quantitative estimate of drug-likeness (QED) is 0.273. The molecule has 0 aliphatic rings. The van der Waals surface area contributed by atoms with Crippen LogP contribution in [0.3, 0.4) is 0 Å². The zero-order valence-corrected chi connectivity index (χ0v) is 16.0. The molecule has 0 aliphatic heterocycles. The van der Waals surface area contributed by atoms with E-state index in [-0.39, 0.29) is 5.91 Å². The molecule has 0 aliphatic carbocycles. The zero-order valence-electron chi connectivity index (χ0n) is 16.0. The van der Waals surface area contributed by atoms with Crippen LogP contribution in [0.2, 0.25) is 0 Å². The van der Waals surface area contributed by atoms with Crippen LogP contribution in [0.4, 0.5) is 0 Å². The van der Waals surface area contributed by atoms with Crippen molar-refractivity contribution in [2.45, 2.75) is 71.1 Å². The number of carbonyl (C=O) groups excluding carboxylic acids is 1. The van der Waals surface area contributed by atoms with Crippen LogP contribution < -0.4 is 0 Å². The molecule has 0 aromatic carbocycles. The lowest BCUT2D eigenvalue weighted by Crippen LogP contribution is -2.20. The third kappa shape index (κ3) is 16.8. The second kappa shape index (κ2) is 17.8. The molecule has 24 heavy (non-hydrogen) atoms. The van der Waals surface area contributed by atoms with Crippen molar-refractivity contribution in [1.82, 2.24) is 4.90 Å². The third-order valence-electron chi connectivity index (χ3n) is 3.72. The summed E-state index contributed by atoms with van der Waals surface area (Å²) in [5, 5.41) is 0. The van der Waals surface area contributed by atoms with Crippen molar-refractivity contribution in [1.29, 1.82) is 0 Å². The minimum atomic E-state index is 0.214. The molecular formula is C22H37NO. The highest BCUT2D eigenvalue weighted by atomic mass is 16.2. The number of unbranched alkanes of at least 4 members (excludes halogenated alkanes) is 4. The number of rotatable bonds is 14. The number of hydrogen-bond donors (Lipinski definition) is 0. The molecule has 0 bridgehead atoms. The Labute approximate surface area is 150 Å². The first-order chi connectivity index (χ1) is 11.7. The van der Waals surface area contributed by atoms with Gasteiger partial charge in [0, 0.05) is 20.5 Å². The van der Waals surface area contributed by atoms with Gasteiger partial charge in [0.2, 0.25) is 5.91 Å². The molecule has 0 unspecified atom stereocenters. The topological polar surface area (TPSA) is 20.3 Å². The summed E-state index contributed by atoms with van der Waals surface area (Å²) in [5.74, 6) is 0.214. The Bertz CT molecular complexity index is 402. The summed E-state index contributed by atoms with van der Waals surface area (Å²) in [6.07, 6.45) is 28.6. The van der Waals surface area contributed by atoms with E-state index in [1.807, 2.05) is 0 Å². The highest BCUT2D eigenvalue weighted by Crippen LogP contribution is 2.02. The number of allylic oxidation sites excluding steroid dienone is 8. The van der Waals surface area contributed by atoms with E-state index in [1.165, 1.54) is 25.7 Å². The van der Waals surface area contributed by atoms with E-state index >= 15 is 0 Å². The maximum absolute atomic E-state index is 11.4. The van der Waals surface area contributed by atoms with Crippen molar-refractivity contribution >= 4 is 5.91 Å². The predicted octanol–water partition coefficient (Wildman–Crippen LogP) is 6.22. The van der Waals surface area contributed by atoms with E-state index < -0.39 is 0 Å². The van der Waals surface area contributed by atoms with Gasteiger partial charge in [0.15, 0.2) is 0 Å². The van der Waals surface area contributed by atoms with Gasteiger partial charge in [-0.3, -0.25) is 4.79 Å². The van der Waals surface area contributed by atoms with E-state index in [0.717, 1.165) is 32.1 Å². The van der Waals surface area contributed by atoms with Gasteiger partial charge < -0.3 is 4.90 Å². The average Bonchev–Trinajstić information content (AvgIpc) is 2.57. The predicted molar refractivity (Wildman–Crippen MR) is 107 cm³/mol. The minimum absolute atomic E-state index is 0.214. The largest absolute Gasteiger partial charge is 0.349 e. The van der Waals surface area contributed by atoms with Crippen molar-refractivity contribution in [3.63, 3.8) is 0 Å². The Balaban J connectivity index is 3.47. The van der Waals surface area contributed by atoms with Crippen molar-refractivity contribution < 1.29 is 4.79 Å². The highest BCUT2D eigenvalue weighted by Gasteiger charge is 2.00. The number of hydrogen-bond acceptors (Lipinski definition) is 1. The highest BCUT2D eigenvalue weighted by molar-refractivity contribution is 5.75. The van der Waals surface area contributed by atoms with Crippen molar-refractivity contribution in [2.24, 2.45) is 0 Å². The molecule has 0 saturated carbocycles. The Morgan fingerprint density at radius 3 is 1.62 bits per heavy atom. The van der Waals surface area contributed by atoms with Crippen LogP contribution in [-0.2, 0) is 4.79 Å². The third-order valence-corrected chi connectivity index (χ3v) is 3.72. The molecule has 0 fully saturated rings. The second-order valence-corrected chi connectivity index (χ2v) is 6.27. The molecule has 0 spiro atoms. The van der Waals surface area contributed by atoms with Gasteiger partial charge in [0.25, 0.3) is 0 Å². The Kier molecular flexibility index (Phi) is 16.6. The summed E-state index contributed by atoms with van der Waals surface area (Å²) in [6.45, 7) is 2.24. The zero-order chi connectivity index (χ0) is 17.9. The molecule has 1 amide bonds. The van der Waals surface area contributed by atoms with Crippen molar-refractivity contribution in [3.8, 4) is 0 Å². The molecule has 0 N–H and O–H groups in total. The van der Waals surface area contributed by atoms with Crippen molar-refractivity contribution in [2.75, 3.05) is 14.1 Å². The number of nitrogens with zero attached hydrogens (tertiary/aromatic N) is 1. The summed E-state index contributed by atoms with van der Waals surface area (Å²) in [7, 11) is 3.61. The van der Waals surface area contributed by atoms with Crippen LogP contribution in [0.5, 0.6) is 0 Å². The summed E-state index contributed by atoms with van der Waals surface area (Å²) in [4.78, 5) is 13.0. The lowest BCUT2D eigenvalue weighted by atomic mass is 10.2. The van der Waals surface area contributed by atoms with Gasteiger partial charge in [-0.15, -0.1) is 0 Å². The van der Waals surface area contributed by atoms with Crippen LogP contribution in [0, 0.1) is 0 Å². The Morgan fingerprint density at radius 2 is 1.17 bits per heavy atom. The van der Waals surface area contributed by atoms with Crippen LogP contribution in [-0.4, -0.2) is 24.9 Å². The van der Waals surface area contributed by atoms with Crippen LogP contribution in [0.1, 0.15) is 71.1 Å². The van der Waals surface area contributed by atoms with Gasteiger partial charge in [0.05, 0.1) is 0 Å². The molecule has 0 radical (unpaired) electrons. The number of amides is 1.